The van der Waals surface area contributed by atoms with E-state index in [1.165, 1.54) is 22.9 Å². The van der Waals surface area contributed by atoms with Gasteiger partial charge >= 0.3 is 0 Å². The molecule has 138 valence electrons. The SMILES string of the molecule is CN(c1ccc(S(=O)(=O)N2CCCC2)cc1[N+](=O)[O-])C1CCCCC1. The van der Waals surface area contributed by atoms with Crippen LogP contribution in [0.15, 0.2) is 23.1 Å². The molecule has 1 aliphatic heterocycles. The van der Waals surface area contributed by atoms with E-state index in [0.717, 1.165) is 38.5 Å². The zero-order chi connectivity index (χ0) is 18.0. The smallest absolute Gasteiger partial charge is 0.293 e. The molecule has 0 radical (unpaired) electrons. The molecule has 0 bridgehead atoms. The predicted octanol–water partition coefficient (Wildman–Crippen LogP) is 3.15. The van der Waals surface area contributed by atoms with Crippen molar-refractivity contribution in [2.45, 2.75) is 55.9 Å². The van der Waals surface area contributed by atoms with Gasteiger partial charge in [0.2, 0.25) is 10.0 Å². The Kier molecular flexibility index (Phi) is 5.29. The Hall–Kier alpha value is -1.67. The third-order valence-electron chi connectivity index (χ3n) is 5.35. The standard InChI is InChI=1S/C17H25N3O4S/c1-18(14-7-3-2-4-8-14)16-10-9-15(13-17(16)20(21)22)25(23,24)19-11-5-6-12-19/h9-10,13-14H,2-8,11-12H2,1H3. The molecule has 0 spiro atoms. The van der Waals surface area contributed by atoms with Crippen LogP contribution in [0.25, 0.3) is 0 Å². The molecule has 0 atom stereocenters. The molecule has 1 aliphatic carbocycles. The van der Waals surface area contributed by atoms with E-state index < -0.39 is 14.9 Å². The highest BCUT2D eigenvalue weighted by atomic mass is 32.2. The van der Waals surface area contributed by atoms with Gasteiger partial charge in [-0.05, 0) is 37.8 Å². The van der Waals surface area contributed by atoms with Gasteiger partial charge in [0, 0.05) is 32.2 Å². The molecule has 8 heteroatoms. The van der Waals surface area contributed by atoms with Crippen LogP contribution >= 0.6 is 0 Å². The summed E-state index contributed by atoms with van der Waals surface area (Å²) in [6, 6.07) is 4.60. The number of sulfonamides is 1. The summed E-state index contributed by atoms with van der Waals surface area (Å²) < 4.78 is 26.8. The summed E-state index contributed by atoms with van der Waals surface area (Å²) in [5, 5.41) is 11.6. The zero-order valence-corrected chi connectivity index (χ0v) is 15.4. The van der Waals surface area contributed by atoms with Gasteiger partial charge in [-0.2, -0.15) is 4.31 Å². The second kappa shape index (κ2) is 7.29. The molecule has 0 amide bonds. The van der Waals surface area contributed by atoms with Crippen molar-refractivity contribution in [2.24, 2.45) is 0 Å². The molecule has 2 aliphatic rings. The number of nitro benzene ring substituents is 1. The summed E-state index contributed by atoms with van der Waals surface area (Å²) in [4.78, 5) is 13.1. The molecule has 0 aromatic heterocycles. The predicted molar refractivity (Wildman–Crippen MR) is 96.4 cm³/mol. The van der Waals surface area contributed by atoms with Gasteiger partial charge in [0.25, 0.3) is 5.69 Å². The maximum absolute atomic E-state index is 12.7. The summed E-state index contributed by atoms with van der Waals surface area (Å²) >= 11 is 0. The van der Waals surface area contributed by atoms with Gasteiger partial charge in [-0.25, -0.2) is 8.42 Å². The fourth-order valence-electron chi connectivity index (χ4n) is 3.85. The highest BCUT2D eigenvalue weighted by Crippen LogP contribution is 2.35. The first-order valence-corrected chi connectivity index (χ1v) is 10.4. The fourth-order valence-corrected chi connectivity index (χ4v) is 5.39. The van der Waals surface area contributed by atoms with Gasteiger partial charge in [-0.1, -0.05) is 19.3 Å². The monoisotopic (exact) mass is 367 g/mol. The lowest BCUT2D eigenvalue weighted by Crippen LogP contribution is -2.34. The molecule has 1 aromatic rings. The first kappa shape index (κ1) is 18.1. The Morgan fingerprint density at radius 3 is 2.36 bits per heavy atom. The van der Waals surface area contributed by atoms with Gasteiger partial charge in [0.15, 0.2) is 0 Å². The summed E-state index contributed by atoms with van der Waals surface area (Å²) in [5.74, 6) is 0. The molecule has 1 saturated carbocycles. The van der Waals surface area contributed by atoms with Crippen LogP contribution < -0.4 is 4.90 Å². The highest BCUT2D eigenvalue weighted by molar-refractivity contribution is 7.89. The number of hydrogen-bond donors (Lipinski definition) is 0. The highest BCUT2D eigenvalue weighted by Gasteiger charge is 2.31. The minimum absolute atomic E-state index is 0.0156. The number of hydrogen-bond acceptors (Lipinski definition) is 5. The van der Waals surface area contributed by atoms with Crippen molar-refractivity contribution in [2.75, 3.05) is 25.0 Å². The van der Waals surface area contributed by atoms with Crippen molar-refractivity contribution < 1.29 is 13.3 Å². The largest absolute Gasteiger partial charge is 0.366 e. The summed E-state index contributed by atoms with van der Waals surface area (Å²) in [7, 11) is -1.78. The molecule has 1 aromatic carbocycles. The average Bonchev–Trinajstić information content (AvgIpc) is 3.17. The second-order valence-corrected chi connectivity index (χ2v) is 8.86. The lowest BCUT2D eigenvalue weighted by molar-refractivity contribution is -0.384. The zero-order valence-electron chi connectivity index (χ0n) is 14.6. The topological polar surface area (TPSA) is 83.8 Å². The number of rotatable bonds is 5. The average molecular weight is 367 g/mol. The van der Waals surface area contributed by atoms with Crippen LogP contribution in [0.4, 0.5) is 11.4 Å². The molecular weight excluding hydrogens is 342 g/mol. The van der Waals surface area contributed by atoms with Gasteiger partial charge < -0.3 is 4.90 Å². The maximum Gasteiger partial charge on any atom is 0.293 e. The van der Waals surface area contributed by atoms with Crippen molar-refractivity contribution in [3.8, 4) is 0 Å². The van der Waals surface area contributed by atoms with Gasteiger partial charge in [0.05, 0.1) is 9.82 Å². The van der Waals surface area contributed by atoms with E-state index in [2.05, 4.69) is 0 Å². The number of nitro groups is 1. The Labute approximate surface area is 148 Å². The van der Waals surface area contributed by atoms with Crippen LogP contribution in [0.3, 0.4) is 0 Å². The van der Waals surface area contributed by atoms with Gasteiger partial charge in [-0.3, -0.25) is 10.1 Å². The molecular formula is C17H25N3O4S. The molecule has 25 heavy (non-hydrogen) atoms. The van der Waals surface area contributed by atoms with Crippen LogP contribution in [-0.4, -0.2) is 43.8 Å². The summed E-state index contributed by atoms with van der Waals surface area (Å²) in [6.07, 6.45) is 7.17. The van der Waals surface area contributed by atoms with Gasteiger partial charge in [0.1, 0.15) is 5.69 Å². The molecule has 3 rings (SSSR count). The summed E-state index contributed by atoms with van der Waals surface area (Å²) in [6.45, 7) is 0.972. The van der Waals surface area contributed by atoms with E-state index in [1.54, 1.807) is 6.07 Å². The number of anilines is 1. The van der Waals surface area contributed by atoms with Crippen molar-refractivity contribution in [3.63, 3.8) is 0 Å². The quantitative estimate of drug-likeness (QED) is 0.590. The molecule has 0 N–H and O–H groups in total. The molecule has 7 nitrogen and oxygen atoms in total. The minimum atomic E-state index is -3.65. The van der Waals surface area contributed by atoms with Crippen LogP contribution in [0, 0.1) is 10.1 Å². The van der Waals surface area contributed by atoms with Crippen molar-refractivity contribution >= 4 is 21.4 Å². The van der Waals surface area contributed by atoms with E-state index >= 15 is 0 Å². The third kappa shape index (κ3) is 3.64. The first-order valence-electron chi connectivity index (χ1n) is 8.92. The number of nitrogens with zero attached hydrogens (tertiary/aromatic N) is 3. The fraction of sp³-hybridized carbons (Fsp3) is 0.647. The van der Waals surface area contributed by atoms with Crippen LogP contribution in [-0.2, 0) is 10.0 Å². The summed E-state index contributed by atoms with van der Waals surface area (Å²) in [5.41, 5.74) is 0.366. The third-order valence-corrected chi connectivity index (χ3v) is 7.24. The molecule has 1 saturated heterocycles. The van der Waals surface area contributed by atoms with E-state index in [0.29, 0.717) is 18.8 Å². The minimum Gasteiger partial charge on any atom is -0.366 e. The lowest BCUT2D eigenvalue weighted by Gasteiger charge is -2.32. The van der Waals surface area contributed by atoms with Crippen LogP contribution in [0.2, 0.25) is 0 Å². The second-order valence-electron chi connectivity index (χ2n) is 6.92. The van der Waals surface area contributed by atoms with Crippen LogP contribution in [0.5, 0.6) is 0 Å². The van der Waals surface area contributed by atoms with Gasteiger partial charge in [-0.15, -0.1) is 0 Å². The molecule has 0 unspecified atom stereocenters. The van der Waals surface area contributed by atoms with E-state index in [-0.39, 0.29) is 16.6 Å². The van der Waals surface area contributed by atoms with Crippen molar-refractivity contribution in [3.05, 3.63) is 28.3 Å². The normalized spacial score (nSPS) is 19.9. The molecule has 1 heterocycles. The van der Waals surface area contributed by atoms with Crippen LogP contribution in [0.1, 0.15) is 44.9 Å². The van der Waals surface area contributed by atoms with Crippen molar-refractivity contribution in [1.82, 2.24) is 4.31 Å². The Balaban J connectivity index is 1.94. The number of benzene rings is 1. The Morgan fingerprint density at radius 1 is 1.12 bits per heavy atom. The van der Waals surface area contributed by atoms with E-state index in [9.17, 15) is 18.5 Å². The Bertz CT molecular complexity index is 738. The Morgan fingerprint density at radius 2 is 1.76 bits per heavy atom. The van der Waals surface area contributed by atoms with E-state index in [4.69, 9.17) is 0 Å². The lowest BCUT2D eigenvalue weighted by atomic mass is 9.94. The first-order chi connectivity index (χ1) is 11.9. The molecule has 2 fully saturated rings. The van der Waals surface area contributed by atoms with Crippen molar-refractivity contribution in [1.29, 1.82) is 0 Å². The van der Waals surface area contributed by atoms with E-state index in [1.807, 2.05) is 11.9 Å². The maximum atomic E-state index is 12.7.